The van der Waals surface area contributed by atoms with Crippen molar-refractivity contribution >= 4 is 5.91 Å². The Morgan fingerprint density at radius 2 is 1.84 bits per heavy atom. The van der Waals surface area contributed by atoms with Gasteiger partial charge in [0.2, 0.25) is 5.91 Å². The Morgan fingerprint density at radius 3 is 2.37 bits per heavy atom. The molecule has 4 nitrogen and oxygen atoms in total. The molecular weight excluding hydrogens is 240 g/mol. The molecule has 4 heteroatoms. The van der Waals surface area contributed by atoms with E-state index < -0.39 is 5.41 Å². The maximum atomic E-state index is 12.4. The lowest BCUT2D eigenvalue weighted by Gasteiger charge is -2.33. The molecule has 0 radical (unpaired) electrons. The molecule has 2 fully saturated rings. The lowest BCUT2D eigenvalue weighted by molar-refractivity contribution is -0.130. The zero-order valence-corrected chi connectivity index (χ0v) is 11.5. The van der Waals surface area contributed by atoms with Gasteiger partial charge in [0, 0.05) is 12.6 Å². The Balaban J connectivity index is 1.88. The van der Waals surface area contributed by atoms with Crippen LogP contribution >= 0.6 is 0 Å². The van der Waals surface area contributed by atoms with Gasteiger partial charge in [0.1, 0.15) is 5.41 Å². The first-order chi connectivity index (χ1) is 9.20. The molecule has 0 spiro atoms. The smallest absolute Gasteiger partial charge is 0.240 e. The van der Waals surface area contributed by atoms with Gasteiger partial charge in [0.05, 0.1) is 6.07 Å². The number of carbonyl (C=O) groups excluding carboxylic acids is 1. The van der Waals surface area contributed by atoms with Crippen LogP contribution in [0.3, 0.4) is 0 Å². The van der Waals surface area contributed by atoms with Crippen molar-refractivity contribution in [1.82, 2.24) is 5.32 Å². The van der Waals surface area contributed by atoms with Gasteiger partial charge in [0.15, 0.2) is 0 Å². The lowest BCUT2D eigenvalue weighted by atomic mass is 9.74. The van der Waals surface area contributed by atoms with Crippen molar-refractivity contribution < 1.29 is 9.90 Å². The van der Waals surface area contributed by atoms with E-state index in [0.717, 1.165) is 44.9 Å². The van der Waals surface area contributed by atoms with Crippen molar-refractivity contribution in [2.45, 2.75) is 63.8 Å². The van der Waals surface area contributed by atoms with E-state index in [0.29, 0.717) is 18.8 Å². The number of hydrogen-bond donors (Lipinski definition) is 2. The zero-order chi connectivity index (χ0) is 13.7. The number of carbonyl (C=O) groups is 1. The van der Waals surface area contributed by atoms with Crippen molar-refractivity contribution in [3.63, 3.8) is 0 Å². The Labute approximate surface area is 115 Å². The first-order valence-electron chi connectivity index (χ1n) is 7.53. The maximum absolute atomic E-state index is 12.4. The molecule has 0 saturated heterocycles. The highest BCUT2D eigenvalue weighted by atomic mass is 16.3. The Hall–Kier alpha value is -1.08. The topological polar surface area (TPSA) is 73.1 Å². The number of rotatable bonds is 3. The summed E-state index contributed by atoms with van der Waals surface area (Å²) in [6.07, 6.45) is 8.33. The van der Waals surface area contributed by atoms with Crippen molar-refractivity contribution in [3.8, 4) is 6.07 Å². The molecule has 2 aliphatic carbocycles. The number of aliphatic hydroxyl groups excluding tert-OH is 1. The standard InChI is InChI=1S/C15H24N2O2/c16-11-15(8-2-1-3-9-15)14(19)17-13-6-4-12(10-18)5-7-13/h12-13,18H,1-10H2,(H,17,19). The van der Waals surface area contributed by atoms with E-state index >= 15 is 0 Å². The van der Waals surface area contributed by atoms with Gasteiger partial charge in [-0.05, 0) is 44.4 Å². The van der Waals surface area contributed by atoms with Crippen LogP contribution in [-0.4, -0.2) is 23.7 Å². The molecule has 0 aromatic carbocycles. The summed E-state index contributed by atoms with van der Waals surface area (Å²) in [5.41, 5.74) is -0.772. The molecule has 0 heterocycles. The fraction of sp³-hybridized carbons (Fsp3) is 0.867. The molecule has 19 heavy (non-hydrogen) atoms. The van der Waals surface area contributed by atoms with Gasteiger partial charge in [-0.15, -0.1) is 0 Å². The zero-order valence-electron chi connectivity index (χ0n) is 11.5. The highest BCUT2D eigenvalue weighted by Crippen LogP contribution is 2.36. The molecule has 0 aromatic heterocycles. The van der Waals surface area contributed by atoms with Crippen LogP contribution in [0.2, 0.25) is 0 Å². The van der Waals surface area contributed by atoms with Crippen molar-refractivity contribution in [1.29, 1.82) is 5.26 Å². The molecule has 0 unspecified atom stereocenters. The number of hydrogen-bond acceptors (Lipinski definition) is 3. The highest BCUT2D eigenvalue weighted by molar-refractivity contribution is 5.85. The van der Waals surface area contributed by atoms with E-state index in [1.807, 2.05) is 0 Å². The quantitative estimate of drug-likeness (QED) is 0.820. The Bertz CT molecular complexity index is 348. The monoisotopic (exact) mass is 264 g/mol. The molecule has 2 aliphatic rings. The van der Waals surface area contributed by atoms with Crippen LogP contribution in [0.4, 0.5) is 0 Å². The van der Waals surface area contributed by atoms with Crippen LogP contribution in [0.1, 0.15) is 57.8 Å². The number of nitrogens with zero attached hydrogens (tertiary/aromatic N) is 1. The SMILES string of the molecule is N#CC1(C(=O)NC2CCC(CO)CC2)CCCCC1. The molecule has 2 N–H and O–H groups in total. The first kappa shape index (κ1) is 14.3. The minimum absolute atomic E-state index is 0.0536. The molecule has 2 saturated carbocycles. The minimum Gasteiger partial charge on any atom is -0.396 e. The van der Waals surface area contributed by atoms with Crippen molar-refractivity contribution in [2.75, 3.05) is 6.61 Å². The van der Waals surface area contributed by atoms with E-state index in [4.69, 9.17) is 5.11 Å². The second kappa shape index (κ2) is 6.38. The molecular formula is C15H24N2O2. The minimum atomic E-state index is -0.772. The van der Waals surface area contributed by atoms with E-state index in [1.165, 1.54) is 0 Å². The third-order valence-electron chi connectivity index (χ3n) is 4.80. The summed E-state index contributed by atoms with van der Waals surface area (Å²) in [6, 6.07) is 2.47. The predicted octanol–water partition coefficient (Wildman–Crippen LogP) is 2.13. The van der Waals surface area contributed by atoms with Crippen molar-refractivity contribution in [3.05, 3.63) is 0 Å². The number of aliphatic hydroxyl groups is 1. The highest BCUT2D eigenvalue weighted by Gasteiger charge is 2.40. The van der Waals surface area contributed by atoms with Gasteiger partial charge in [0.25, 0.3) is 0 Å². The number of nitriles is 1. The summed E-state index contributed by atoms with van der Waals surface area (Å²) >= 11 is 0. The van der Waals surface area contributed by atoms with Crippen molar-refractivity contribution in [2.24, 2.45) is 11.3 Å². The Morgan fingerprint density at radius 1 is 1.21 bits per heavy atom. The van der Waals surface area contributed by atoms with Crippen LogP contribution in [-0.2, 0) is 4.79 Å². The normalized spacial score (nSPS) is 30.3. The third-order valence-corrected chi connectivity index (χ3v) is 4.80. The summed E-state index contributed by atoms with van der Waals surface area (Å²) < 4.78 is 0. The first-order valence-corrected chi connectivity index (χ1v) is 7.53. The maximum Gasteiger partial charge on any atom is 0.240 e. The summed E-state index contributed by atoms with van der Waals surface area (Å²) in [6.45, 7) is 0.253. The molecule has 0 aliphatic heterocycles. The van der Waals surface area contributed by atoms with Gasteiger partial charge in [-0.25, -0.2) is 0 Å². The second-order valence-corrected chi connectivity index (χ2v) is 6.13. The van der Waals surface area contributed by atoms with E-state index in [1.54, 1.807) is 0 Å². The fourth-order valence-electron chi connectivity index (χ4n) is 3.36. The third kappa shape index (κ3) is 3.27. The molecule has 0 aromatic rings. The van der Waals surface area contributed by atoms with Crippen LogP contribution in [0.25, 0.3) is 0 Å². The summed E-state index contributed by atoms with van der Waals surface area (Å²) in [7, 11) is 0. The molecule has 0 bridgehead atoms. The second-order valence-electron chi connectivity index (χ2n) is 6.13. The Kier molecular flexibility index (Phi) is 4.81. The van der Waals surface area contributed by atoms with Gasteiger partial charge in [-0.3, -0.25) is 4.79 Å². The predicted molar refractivity (Wildman–Crippen MR) is 72.1 cm³/mol. The number of nitrogens with one attached hydrogen (secondary N) is 1. The van der Waals surface area contributed by atoms with Gasteiger partial charge in [-0.1, -0.05) is 19.3 Å². The van der Waals surface area contributed by atoms with Gasteiger partial charge < -0.3 is 10.4 Å². The molecule has 2 rings (SSSR count). The van der Waals surface area contributed by atoms with E-state index in [2.05, 4.69) is 11.4 Å². The summed E-state index contributed by atoms with van der Waals surface area (Å²) in [5, 5.41) is 21.6. The lowest BCUT2D eigenvalue weighted by Crippen LogP contribution is -2.47. The molecule has 0 atom stereocenters. The summed E-state index contributed by atoms with van der Waals surface area (Å²) in [5.74, 6) is 0.343. The van der Waals surface area contributed by atoms with Crippen LogP contribution in [0, 0.1) is 22.7 Å². The fourth-order valence-corrected chi connectivity index (χ4v) is 3.36. The summed E-state index contributed by atoms with van der Waals surface area (Å²) in [4.78, 5) is 12.4. The number of amides is 1. The van der Waals surface area contributed by atoms with Gasteiger partial charge in [-0.2, -0.15) is 5.26 Å². The largest absolute Gasteiger partial charge is 0.396 e. The van der Waals surface area contributed by atoms with Crippen LogP contribution < -0.4 is 5.32 Å². The molecule has 1 amide bonds. The van der Waals surface area contributed by atoms with Crippen LogP contribution in [0.5, 0.6) is 0 Å². The average molecular weight is 264 g/mol. The molecule has 106 valence electrons. The average Bonchev–Trinajstić information content (AvgIpc) is 2.48. The van der Waals surface area contributed by atoms with Crippen LogP contribution in [0.15, 0.2) is 0 Å². The van der Waals surface area contributed by atoms with E-state index in [-0.39, 0.29) is 18.6 Å². The van der Waals surface area contributed by atoms with Gasteiger partial charge >= 0.3 is 0 Å². The van der Waals surface area contributed by atoms with E-state index in [9.17, 15) is 10.1 Å².